The van der Waals surface area contributed by atoms with Gasteiger partial charge in [0.15, 0.2) is 0 Å². The molecule has 3 rings (SSSR count). The summed E-state index contributed by atoms with van der Waals surface area (Å²) >= 11 is 0. The smallest absolute Gasteiger partial charge is 0.228 e. The van der Waals surface area contributed by atoms with Crippen LogP contribution in [0.5, 0.6) is 5.75 Å². The van der Waals surface area contributed by atoms with Gasteiger partial charge in [-0.1, -0.05) is 18.2 Å². The molecule has 0 aliphatic heterocycles. The molecule has 0 aliphatic rings. The van der Waals surface area contributed by atoms with E-state index in [0.29, 0.717) is 11.3 Å². The molecule has 0 aromatic heterocycles. The van der Waals surface area contributed by atoms with Crippen LogP contribution in [0.3, 0.4) is 0 Å². The van der Waals surface area contributed by atoms with Crippen molar-refractivity contribution in [1.29, 1.82) is 0 Å². The van der Waals surface area contributed by atoms with Crippen molar-refractivity contribution < 1.29 is 13.9 Å². The fourth-order valence-electron chi connectivity index (χ4n) is 2.54. The van der Waals surface area contributed by atoms with Gasteiger partial charge in [0.05, 0.1) is 13.5 Å². The quantitative estimate of drug-likeness (QED) is 0.674. The third-order valence-electron chi connectivity index (χ3n) is 3.78. The van der Waals surface area contributed by atoms with Gasteiger partial charge in [-0.05, 0) is 54.1 Å². The van der Waals surface area contributed by atoms with Crippen LogP contribution in [0.2, 0.25) is 0 Å². The fraction of sp³-hybridized carbons (Fsp3) is 0.0952. The van der Waals surface area contributed by atoms with Crippen LogP contribution in [0.25, 0.3) is 0 Å². The zero-order valence-electron chi connectivity index (χ0n) is 14.3. The van der Waals surface area contributed by atoms with E-state index in [1.54, 1.807) is 19.2 Å². The summed E-state index contributed by atoms with van der Waals surface area (Å²) in [7, 11) is 1.63. The average Bonchev–Trinajstić information content (AvgIpc) is 2.63. The normalized spacial score (nSPS) is 10.2. The SMILES string of the molecule is COc1cccc(Nc2ccc(NC(=O)Cc3cccc(F)c3)cc2)c1. The highest BCUT2D eigenvalue weighted by atomic mass is 19.1. The lowest BCUT2D eigenvalue weighted by molar-refractivity contribution is -0.115. The topological polar surface area (TPSA) is 50.4 Å². The number of amides is 1. The Labute approximate surface area is 151 Å². The van der Waals surface area contributed by atoms with Crippen molar-refractivity contribution in [1.82, 2.24) is 0 Å². The molecule has 26 heavy (non-hydrogen) atoms. The van der Waals surface area contributed by atoms with Crippen LogP contribution in [-0.2, 0) is 11.2 Å². The second kappa shape index (κ2) is 8.16. The molecule has 1 amide bonds. The van der Waals surface area contributed by atoms with E-state index in [9.17, 15) is 9.18 Å². The Morgan fingerprint density at radius 1 is 0.923 bits per heavy atom. The van der Waals surface area contributed by atoms with Gasteiger partial charge in [-0.15, -0.1) is 0 Å². The van der Waals surface area contributed by atoms with Crippen molar-refractivity contribution >= 4 is 23.0 Å². The highest BCUT2D eigenvalue weighted by molar-refractivity contribution is 5.92. The first-order chi connectivity index (χ1) is 12.6. The lowest BCUT2D eigenvalue weighted by Crippen LogP contribution is -2.14. The zero-order chi connectivity index (χ0) is 18.4. The van der Waals surface area contributed by atoms with E-state index >= 15 is 0 Å². The molecule has 0 saturated heterocycles. The van der Waals surface area contributed by atoms with Gasteiger partial charge in [0, 0.05) is 23.1 Å². The summed E-state index contributed by atoms with van der Waals surface area (Å²) in [6.45, 7) is 0. The summed E-state index contributed by atoms with van der Waals surface area (Å²) in [6.07, 6.45) is 0.127. The summed E-state index contributed by atoms with van der Waals surface area (Å²) < 4.78 is 18.4. The molecule has 0 saturated carbocycles. The molecule has 0 aliphatic carbocycles. The molecule has 0 atom stereocenters. The Balaban J connectivity index is 1.59. The van der Waals surface area contributed by atoms with Gasteiger partial charge in [0.2, 0.25) is 5.91 Å². The van der Waals surface area contributed by atoms with Crippen molar-refractivity contribution in [3.8, 4) is 5.75 Å². The highest BCUT2D eigenvalue weighted by Crippen LogP contribution is 2.22. The van der Waals surface area contributed by atoms with Crippen molar-refractivity contribution in [3.05, 3.63) is 84.2 Å². The third kappa shape index (κ3) is 4.83. The largest absolute Gasteiger partial charge is 0.497 e. The number of benzene rings is 3. The van der Waals surface area contributed by atoms with E-state index in [4.69, 9.17) is 4.74 Å². The first-order valence-electron chi connectivity index (χ1n) is 8.18. The minimum atomic E-state index is -0.344. The second-order valence-corrected chi connectivity index (χ2v) is 5.79. The number of carbonyl (C=O) groups is 1. The van der Waals surface area contributed by atoms with E-state index in [1.807, 2.05) is 48.5 Å². The monoisotopic (exact) mass is 350 g/mol. The summed E-state index contributed by atoms with van der Waals surface area (Å²) in [5, 5.41) is 6.08. The van der Waals surface area contributed by atoms with E-state index in [0.717, 1.165) is 17.1 Å². The van der Waals surface area contributed by atoms with Gasteiger partial charge in [-0.2, -0.15) is 0 Å². The lowest BCUT2D eigenvalue weighted by atomic mass is 10.1. The predicted octanol–water partition coefficient (Wildman–Crippen LogP) is 4.76. The number of hydrogen-bond donors (Lipinski definition) is 2. The van der Waals surface area contributed by atoms with Crippen LogP contribution in [-0.4, -0.2) is 13.0 Å². The lowest BCUT2D eigenvalue weighted by Gasteiger charge is -2.10. The molecule has 0 spiro atoms. The predicted molar refractivity (Wildman–Crippen MR) is 101 cm³/mol. The molecule has 3 aromatic rings. The van der Waals surface area contributed by atoms with E-state index in [-0.39, 0.29) is 18.1 Å². The maximum atomic E-state index is 13.2. The van der Waals surface area contributed by atoms with Crippen LogP contribution in [0.1, 0.15) is 5.56 Å². The molecular weight excluding hydrogens is 331 g/mol. The number of halogens is 1. The number of anilines is 3. The molecule has 0 heterocycles. The Morgan fingerprint density at radius 2 is 1.65 bits per heavy atom. The minimum absolute atomic E-state index is 0.127. The van der Waals surface area contributed by atoms with Crippen LogP contribution in [0, 0.1) is 5.82 Å². The van der Waals surface area contributed by atoms with Gasteiger partial charge >= 0.3 is 0 Å². The molecule has 5 heteroatoms. The number of hydrogen-bond acceptors (Lipinski definition) is 3. The Hall–Kier alpha value is -3.34. The molecular formula is C21H19FN2O2. The summed E-state index contributed by atoms with van der Waals surface area (Å²) in [5.41, 5.74) is 3.12. The number of nitrogens with one attached hydrogen (secondary N) is 2. The summed E-state index contributed by atoms with van der Waals surface area (Å²) in [6, 6.07) is 21.0. The van der Waals surface area contributed by atoms with Crippen molar-refractivity contribution in [2.24, 2.45) is 0 Å². The fourth-order valence-corrected chi connectivity index (χ4v) is 2.54. The minimum Gasteiger partial charge on any atom is -0.497 e. The molecule has 0 fully saturated rings. The number of rotatable bonds is 6. The highest BCUT2D eigenvalue weighted by Gasteiger charge is 2.05. The summed E-state index contributed by atoms with van der Waals surface area (Å²) in [5.74, 6) is 0.239. The van der Waals surface area contributed by atoms with Crippen LogP contribution < -0.4 is 15.4 Å². The van der Waals surface area contributed by atoms with E-state index in [2.05, 4.69) is 10.6 Å². The van der Waals surface area contributed by atoms with Crippen LogP contribution >= 0.6 is 0 Å². The van der Waals surface area contributed by atoms with Crippen molar-refractivity contribution in [3.63, 3.8) is 0 Å². The van der Waals surface area contributed by atoms with Crippen molar-refractivity contribution in [2.75, 3.05) is 17.7 Å². The third-order valence-corrected chi connectivity index (χ3v) is 3.78. The Kier molecular flexibility index (Phi) is 5.49. The Morgan fingerprint density at radius 3 is 2.38 bits per heavy atom. The molecule has 4 nitrogen and oxygen atoms in total. The average molecular weight is 350 g/mol. The molecule has 0 unspecified atom stereocenters. The molecule has 0 bridgehead atoms. The second-order valence-electron chi connectivity index (χ2n) is 5.79. The molecule has 3 aromatic carbocycles. The maximum absolute atomic E-state index is 13.2. The van der Waals surface area contributed by atoms with Gasteiger partial charge in [0.1, 0.15) is 11.6 Å². The molecule has 0 radical (unpaired) electrons. The maximum Gasteiger partial charge on any atom is 0.228 e. The molecule has 132 valence electrons. The zero-order valence-corrected chi connectivity index (χ0v) is 14.3. The summed E-state index contributed by atoms with van der Waals surface area (Å²) in [4.78, 5) is 12.1. The number of carbonyl (C=O) groups excluding carboxylic acids is 1. The van der Waals surface area contributed by atoms with E-state index in [1.165, 1.54) is 12.1 Å². The van der Waals surface area contributed by atoms with Gasteiger partial charge in [-0.3, -0.25) is 4.79 Å². The van der Waals surface area contributed by atoms with E-state index < -0.39 is 0 Å². The number of ether oxygens (including phenoxy) is 1. The Bertz CT molecular complexity index is 895. The number of methoxy groups -OCH3 is 1. The van der Waals surface area contributed by atoms with Crippen LogP contribution in [0.4, 0.5) is 21.5 Å². The molecule has 2 N–H and O–H groups in total. The van der Waals surface area contributed by atoms with Crippen molar-refractivity contribution in [2.45, 2.75) is 6.42 Å². The van der Waals surface area contributed by atoms with Crippen LogP contribution in [0.15, 0.2) is 72.8 Å². The standard InChI is InChI=1S/C21H19FN2O2/c1-26-20-7-3-6-19(14-20)23-17-8-10-18(11-9-17)24-21(25)13-15-4-2-5-16(22)12-15/h2-12,14,23H,13H2,1H3,(H,24,25). The van der Waals surface area contributed by atoms with Gasteiger partial charge < -0.3 is 15.4 Å². The first-order valence-corrected chi connectivity index (χ1v) is 8.18. The first kappa shape index (κ1) is 17.5. The van der Waals surface area contributed by atoms with Gasteiger partial charge in [-0.25, -0.2) is 4.39 Å². The van der Waals surface area contributed by atoms with Gasteiger partial charge in [0.25, 0.3) is 0 Å².